The molecule has 0 radical (unpaired) electrons. The van der Waals surface area contributed by atoms with Crippen LogP contribution in [-0.2, 0) is 42.7 Å². The van der Waals surface area contributed by atoms with Crippen LogP contribution in [0.1, 0.15) is 106 Å². The van der Waals surface area contributed by atoms with Crippen LogP contribution in [0.4, 0.5) is 0 Å². The van der Waals surface area contributed by atoms with Crippen LogP contribution in [0.3, 0.4) is 0 Å². The lowest BCUT2D eigenvalue weighted by Crippen LogP contribution is -2.68. The lowest BCUT2D eigenvalue weighted by atomic mass is 9.35. The summed E-state index contributed by atoms with van der Waals surface area (Å²) in [5.74, 6) is -1.09. The molecule has 0 aromatic heterocycles. The fourth-order valence-corrected chi connectivity index (χ4v) is 16.2. The Balaban J connectivity index is 1.02. The average Bonchev–Trinajstić information content (AvgIpc) is 3.91. The maximum Gasteiger partial charge on any atom is 0.187 e. The predicted molar refractivity (Wildman–Crippen MR) is 267 cm³/mol. The second-order valence-corrected chi connectivity index (χ2v) is 25.6. The normalized spacial score (nSPS) is 52.1. The third-order valence-electron chi connectivity index (χ3n) is 21.0. The molecule has 0 spiro atoms. The Hall–Kier alpha value is -1.51. The molecule has 30 atom stereocenters. The molecule has 0 aromatic rings. The molecule has 24 heteroatoms. The summed E-state index contributed by atoms with van der Waals surface area (Å²) in [6, 6.07) is 0. The van der Waals surface area contributed by atoms with Gasteiger partial charge in [-0.15, -0.1) is 0 Å². The summed E-state index contributed by atoms with van der Waals surface area (Å²) < 4.78 is 48.6. The number of carbonyl (C=O) groups excluding carboxylic acids is 1. The minimum atomic E-state index is -1.83. The Kier molecular flexibility index (Phi) is 18.8. The summed E-state index contributed by atoms with van der Waals surface area (Å²) in [5.41, 5.74) is -2.85. The number of rotatable bonds is 17. The number of hydrogen-bond donors (Lipinski definition) is 15. The third-order valence-corrected chi connectivity index (χ3v) is 21.0. The minimum Gasteiger partial charge on any atom is -0.394 e. The zero-order valence-corrected chi connectivity index (χ0v) is 45.8. The summed E-state index contributed by atoms with van der Waals surface area (Å²) >= 11 is 0. The first-order valence-electron chi connectivity index (χ1n) is 27.9. The van der Waals surface area contributed by atoms with Gasteiger partial charge in [-0.3, -0.25) is 4.79 Å². The van der Waals surface area contributed by atoms with Gasteiger partial charge in [0.1, 0.15) is 97.7 Å². The van der Waals surface area contributed by atoms with Crippen molar-refractivity contribution in [1.29, 1.82) is 0 Å². The number of allylic oxidation sites excluding steroid dienone is 1. The first kappa shape index (κ1) is 62.5. The van der Waals surface area contributed by atoms with Crippen LogP contribution in [0.15, 0.2) is 12.2 Å². The van der Waals surface area contributed by atoms with Crippen molar-refractivity contribution in [3.63, 3.8) is 0 Å². The number of aliphatic hydroxyl groups excluding tert-OH is 15. The fraction of sp³-hybridized carbons (Fsp3) is 0.944. The van der Waals surface area contributed by atoms with Gasteiger partial charge in [-0.2, -0.15) is 0 Å². The van der Waals surface area contributed by atoms with Gasteiger partial charge in [-0.05, 0) is 116 Å². The van der Waals surface area contributed by atoms with Crippen molar-refractivity contribution in [1.82, 2.24) is 0 Å². The standard InChI is InChI=1S/C54H90O24/c1-22(2)24(58)10-16-54(8,78-48-44(70)40(66)37(63)29(75-48)21-71-46-42(68)38(64)34(60)26(18-55)72-46)23-9-14-53(7)33(23)25(59)17-31-51(5)13-12-32(50(3,4)30(51)11-15-52(31,53)6)76-49-45(41(67)36(62)28(20-57)74-49)77-47-43(69)39(65)35(61)27(19-56)73-47/h23,25-49,55-57,59-70H,1,9-21H2,2-8H3/t23-,25+,26+,27+,28+,29+,30?,31+,32-,33-,34+,35+,36+,37+,38-,39-,40-,41-,42+,43+,44+,45+,46+,47-,48-,49-,51-,52+,53+,54-/m0/s1. The van der Waals surface area contributed by atoms with Gasteiger partial charge in [0.15, 0.2) is 30.9 Å². The van der Waals surface area contributed by atoms with Gasteiger partial charge in [0.2, 0.25) is 0 Å². The highest BCUT2D eigenvalue weighted by Crippen LogP contribution is 2.76. The Morgan fingerprint density at radius 2 is 1.08 bits per heavy atom. The number of fused-ring (bicyclic) bond motifs is 5. The van der Waals surface area contributed by atoms with Crippen molar-refractivity contribution in [3.05, 3.63) is 12.2 Å². The van der Waals surface area contributed by atoms with E-state index in [1.54, 1.807) is 6.92 Å². The van der Waals surface area contributed by atoms with Gasteiger partial charge < -0.3 is 114 Å². The molecule has 0 bridgehead atoms. The summed E-state index contributed by atoms with van der Waals surface area (Å²) in [6.07, 6.45) is -29.6. The number of ether oxygens (including phenoxy) is 8. The molecule has 24 nitrogen and oxygen atoms in total. The molecule has 0 aromatic carbocycles. The molecule has 15 N–H and O–H groups in total. The SMILES string of the molecule is C=C(C)C(=O)CC[C@](C)(O[C@@H]1O[C@H](CO[C@@H]2O[C@H](CO)[C@@H](O)[C@H](O)[C@H]2O)[C@@H](O)[C@H](O)[C@H]1O)[C@H]1CC[C@]2(C)[C@@H]1[C@H](O)C[C@@H]1[C@@]3(C)CC[C@H](O[C@@H]4O[C@H](CO)[C@@H](O)[C@H](O)[C@H]4O[C@@H]4O[C@H](CO)[C@@H](O)[C@H](O)[C@H]4O)C(C)(C)C3CC[C@]12C. The molecule has 0 amide bonds. The summed E-state index contributed by atoms with van der Waals surface area (Å²) in [4.78, 5) is 13.3. The van der Waals surface area contributed by atoms with Crippen LogP contribution in [0.2, 0.25) is 0 Å². The fourth-order valence-electron chi connectivity index (χ4n) is 16.2. The van der Waals surface area contributed by atoms with E-state index in [4.69, 9.17) is 37.9 Å². The molecule has 4 aliphatic carbocycles. The molecule has 4 heterocycles. The van der Waals surface area contributed by atoms with Crippen molar-refractivity contribution < 1.29 is 119 Å². The van der Waals surface area contributed by atoms with Gasteiger partial charge >= 0.3 is 0 Å². The number of carbonyl (C=O) groups is 1. The van der Waals surface area contributed by atoms with E-state index in [1.165, 1.54) is 0 Å². The molecule has 450 valence electrons. The number of Topliss-reactive ketones (excluding diaryl/α,β-unsaturated/α-hetero) is 1. The molecule has 4 aliphatic heterocycles. The topological polar surface area (TPSA) is 394 Å². The van der Waals surface area contributed by atoms with E-state index in [2.05, 4.69) is 41.2 Å². The van der Waals surface area contributed by atoms with E-state index in [-0.39, 0.29) is 41.3 Å². The third kappa shape index (κ3) is 10.7. The molecule has 8 aliphatic rings. The van der Waals surface area contributed by atoms with E-state index in [1.807, 2.05) is 6.92 Å². The first-order valence-corrected chi connectivity index (χ1v) is 27.9. The summed E-state index contributed by atoms with van der Waals surface area (Å²) in [5, 5.41) is 162. The lowest BCUT2D eigenvalue weighted by molar-refractivity contribution is -0.378. The van der Waals surface area contributed by atoms with Crippen LogP contribution in [-0.4, -0.2) is 249 Å². The molecule has 1 unspecified atom stereocenters. The van der Waals surface area contributed by atoms with Crippen molar-refractivity contribution in [2.45, 2.75) is 247 Å². The van der Waals surface area contributed by atoms with E-state index in [0.717, 1.165) is 12.8 Å². The smallest absolute Gasteiger partial charge is 0.187 e. The second kappa shape index (κ2) is 23.5. The summed E-state index contributed by atoms with van der Waals surface area (Å²) in [7, 11) is 0. The lowest BCUT2D eigenvalue weighted by Gasteiger charge is -2.71. The predicted octanol–water partition coefficient (Wildman–Crippen LogP) is -3.02. The van der Waals surface area contributed by atoms with Crippen LogP contribution in [0.5, 0.6) is 0 Å². The second-order valence-electron chi connectivity index (χ2n) is 25.6. The molecule has 4 saturated heterocycles. The van der Waals surface area contributed by atoms with E-state index in [0.29, 0.717) is 37.7 Å². The molecule has 78 heavy (non-hydrogen) atoms. The maximum absolute atomic E-state index is 13.3. The monoisotopic (exact) mass is 1120 g/mol. The van der Waals surface area contributed by atoms with Gasteiger partial charge in [-0.1, -0.05) is 41.2 Å². The zero-order valence-electron chi connectivity index (χ0n) is 45.8. The van der Waals surface area contributed by atoms with Crippen molar-refractivity contribution >= 4 is 5.78 Å². The highest BCUT2D eigenvalue weighted by molar-refractivity contribution is 5.94. The maximum atomic E-state index is 13.3. The highest BCUT2D eigenvalue weighted by atomic mass is 16.8. The van der Waals surface area contributed by atoms with Crippen molar-refractivity contribution in [2.75, 3.05) is 26.4 Å². The number of ketones is 1. The Labute approximate surface area is 454 Å². The Morgan fingerprint density at radius 1 is 0.577 bits per heavy atom. The molecular formula is C54H90O24. The van der Waals surface area contributed by atoms with Gasteiger partial charge in [0.05, 0.1) is 44.2 Å². The summed E-state index contributed by atoms with van der Waals surface area (Å²) in [6.45, 7) is 15.6. The van der Waals surface area contributed by atoms with Crippen molar-refractivity contribution in [3.8, 4) is 0 Å². The Bertz CT molecular complexity index is 2070. The molecule has 8 fully saturated rings. The van der Waals surface area contributed by atoms with E-state index < -0.39 is 190 Å². The van der Waals surface area contributed by atoms with E-state index >= 15 is 0 Å². The Morgan fingerprint density at radius 3 is 1.65 bits per heavy atom. The molecule has 8 rings (SSSR count). The van der Waals surface area contributed by atoms with Crippen LogP contribution in [0.25, 0.3) is 0 Å². The van der Waals surface area contributed by atoms with Crippen LogP contribution in [0, 0.1) is 45.3 Å². The molecule has 4 saturated carbocycles. The quantitative estimate of drug-likeness (QED) is 0.0509. The average molecular weight is 1120 g/mol. The van der Waals surface area contributed by atoms with E-state index in [9.17, 15) is 81.4 Å². The first-order chi connectivity index (χ1) is 36.5. The van der Waals surface area contributed by atoms with Gasteiger partial charge in [0.25, 0.3) is 0 Å². The number of aliphatic hydroxyl groups is 15. The zero-order chi connectivity index (χ0) is 57.5. The number of hydrogen-bond acceptors (Lipinski definition) is 24. The largest absolute Gasteiger partial charge is 0.394 e. The molecular weight excluding hydrogens is 1030 g/mol. The van der Waals surface area contributed by atoms with Crippen LogP contribution >= 0.6 is 0 Å². The van der Waals surface area contributed by atoms with Gasteiger partial charge in [0, 0.05) is 6.42 Å². The van der Waals surface area contributed by atoms with Gasteiger partial charge in [-0.25, -0.2) is 0 Å². The minimum absolute atomic E-state index is 0.00460. The van der Waals surface area contributed by atoms with Crippen LogP contribution < -0.4 is 0 Å². The van der Waals surface area contributed by atoms with Crippen molar-refractivity contribution in [2.24, 2.45) is 45.3 Å². The highest BCUT2D eigenvalue weighted by Gasteiger charge is 2.72.